The second-order valence-electron chi connectivity index (χ2n) is 20.7. The molecule has 18 heteroatoms. The molecule has 8 rings (SSSR count). The molecule has 390 valence electrons. The minimum atomic E-state index is -1.95. The van der Waals surface area contributed by atoms with E-state index in [4.69, 9.17) is 34.0 Å². The number of carbonyl (C=O) groups is 4. The second kappa shape index (κ2) is 22.6. The molecule has 3 unspecified atom stereocenters. The average Bonchev–Trinajstić information content (AvgIpc) is 3.83. The first-order valence-corrected chi connectivity index (χ1v) is 24.9. The molecule has 6 heterocycles. The van der Waals surface area contributed by atoms with Crippen LogP contribution in [0.4, 0.5) is 5.69 Å². The zero-order valence-electron chi connectivity index (χ0n) is 43.2. The molecule has 0 radical (unpaired) electrons. The first kappa shape index (κ1) is 54.9. The van der Waals surface area contributed by atoms with Gasteiger partial charge in [0.1, 0.15) is 41.2 Å². The van der Waals surface area contributed by atoms with Crippen molar-refractivity contribution in [1.29, 1.82) is 0 Å². The number of hydrogen-bond donors (Lipinski definition) is 6. The molecule has 2 saturated heterocycles. The molecule has 0 aromatic heterocycles. The zero-order chi connectivity index (χ0) is 52.3. The predicted octanol–water partition coefficient (Wildman–Crippen LogP) is 4.74. The molecule has 0 aliphatic carbocycles. The number of nitrogens with one attached hydrogen (secondary N) is 1. The Morgan fingerprint density at radius 2 is 1.54 bits per heavy atom. The number of ketones is 1. The summed E-state index contributed by atoms with van der Waals surface area (Å²) in [4.78, 5) is 69.9. The van der Waals surface area contributed by atoms with Gasteiger partial charge in [0.2, 0.25) is 0 Å². The molecule has 71 heavy (non-hydrogen) atoms. The number of piperidine rings is 2. The molecule has 18 nitrogen and oxygen atoms in total. The number of esters is 2. The number of amides is 1. The van der Waals surface area contributed by atoms with E-state index in [1.54, 1.807) is 58.9 Å². The lowest BCUT2D eigenvalue weighted by atomic mass is 9.79. The number of nitrogens with zero attached hydrogens (tertiary/aromatic N) is 4. The van der Waals surface area contributed by atoms with Gasteiger partial charge in [-0.15, -0.1) is 0 Å². The monoisotopic (exact) mass is 990 g/mol. The highest BCUT2D eigenvalue weighted by Crippen LogP contribution is 2.50. The first-order chi connectivity index (χ1) is 33.5. The molecule has 6 aliphatic heterocycles. The van der Waals surface area contributed by atoms with Gasteiger partial charge >= 0.3 is 17.7 Å². The fourth-order valence-corrected chi connectivity index (χ4v) is 10.4. The Morgan fingerprint density at radius 3 is 2.18 bits per heavy atom. The topological polar surface area (TPSA) is 250 Å². The smallest absolute Gasteiger partial charge is 0.317 e. The summed E-state index contributed by atoms with van der Waals surface area (Å²) in [5, 5.41) is 57.6. The quantitative estimate of drug-likeness (QED) is 0.130. The van der Waals surface area contributed by atoms with Gasteiger partial charge in [-0.05, 0) is 58.1 Å². The van der Waals surface area contributed by atoms with Crippen molar-refractivity contribution in [1.82, 2.24) is 9.80 Å². The van der Waals surface area contributed by atoms with Crippen molar-refractivity contribution >= 4 is 40.1 Å². The standard InChI is InChI=1S/C52H71N5O12.CH4O/c1-27(2)26-57-22-18-52(19-23-57)54-40-37-38-45(62)33(8)48-39(37)49(64)51(9,69-48)66-24-12-15-29(4)47(68-36(59)25-35(58)67-34-16-20-56(10)21-17-34)32(7)44(61)31(6)43(60)28(3)13-11-14-30(5)50(65)53-42(46(38)63)41(40)55-52;1-2/h11-14,24,27-29,31-32,34,43-44,47,60-63H,15-23,25-26H2,1-10H3,(H,53,65);2H,1H3/b13-11+,24-12+,30-14-;/t28?,29-,31-,32-,43+,44?,47?,51+;/m1./s1. The SMILES string of the molecule is C/C1=C/C=C/C(C)[C@H](O)[C@@H](C)C(O)[C@@H](C)C(OC(=O)CC(=O)OC2CCN(C)CC2)[C@H](C)C/C=C/O[C@@]2(C)Oc3c(C)c(O)c4c(O)c(c5c(c4c3C2=O)=NC2(CCN(CC(C)C)CC2)N=5)NC1=O.CO. The molecule has 8 atom stereocenters. The number of aliphatic hydroxyl groups excluding tert-OH is 3. The molecule has 0 saturated carbocycles. The molecule has 6 N–H and O–H groups in total. The van der Waals surface area contributed by atoms with Gasteiger partial charge in [-0.3, -0.25) is 29.2 Å². The van der Waals surface area contributed by atoms with Crippen molar-refractivity contribution in [3.05, 3.63) is 58.0 Å². The van der Waals surface area contributed by atoms with Crippen LogP contribution in [-0.2, 0) is 28.6 Å². The zero-order valence-corrected chi connectivity index (χ0v) is 43.2. The molecule has 1 spiro atoms. The van der Waals surface area contributed by atoms with E-state index < -0.39 is 89.2 Å². The van der Waals surface area contributed by atoms with Crippen LogP contribution < -0.4 is 20.8 Å². The number of phenolic OH excluding ortho intramolecular Hbond substituents is 2. The van der Waals surface area contributed by atoms with Gasteiger partial charge in [0.05, 0.1) is 34.8 Å². The van der Waals surface area contributed by atoms with E-state index in [1.807, 2.05) is 14.0 Å². The third-order valence-corrected chi connectivity index (χ3v) is 14.7. The van der Waals surface area contributed by atoms with Crippen LogP contribution in [0.2, 0.25) is 0 Å². The molecule has 2 aromatic carbocycles. The number of allylic oxidation sites excluding steroid dienone is 3. The number of rotatable bonds is 6. The summed E-state index contributed by atoms with van der Waals surface area (Å²) in [6.45, 7) is 19.7. The summed E-state index contributed by atoms with van der Waals surface area (Å²) in [6.07, 6.45) is 6.29. The molecule has 2 fully saturated rings. The number of likely N-dealkylation sites (tertiary alicyclic amines) is 2. The fraction of sp³-hybridized carbons (Fsp3) is 0.623. The normalized spacial score (nSPS) is 30.2. The maximum absolute atomic E-state index is 14.8. The lowest BCUT2D eigenvalue weighted by molar-refractivity contribution is -0.167. The van der Waals surface area contributed by atoms with Gasteiger partial charge in [-0.25, -0.2) is 0 Å². The number of benzene rings is 2. The summed E-state index contributed by atoms with van der Waals surface area (Å²) in [7, 11) is 2.99. The van der Waals surface area contributed by atoms with Crippen LogP contribution in [0, 0.1) is 36.5 Å². The number of carbonyl (C=O) groups excluding carboxylic acids is 4. The Morgan fingerprint density at radius 1 is 0.901 bits per heavy atom. The lowest BCUT2D eigenvalue weighted by Gasteiger charge is -2.36. The van der Waals surface area contributed by atoms with Crippen LogP contribution in [0.5, 0.6) is 17.2 Å². The molecule has 5 bridgehead atoms. The van der Waals surface area contributed by atoms with E-state index in [-0.39, 0.29) is 67.9 Å². The Balaban J connectivity index is 0.00000407. The summed E-state index contributed by atoms with van der Waals surface area (Å²) in [5.41, 5.74) is -0.610. The van der Waals surface area contributed by atoms with E-state index in [2.05, 4.69) is 29.0 Å². The van der Waals surface area contributed by atoms with Crippen LogP contribution in [-0.4, -0.2) is 142 Å². The Bertz CT molecular complexity index is 2560. The van der Waals surface area contributed by atoms with Crippen molar-refractivity contribution in [3.8, 4) is 17.2 Å². The lowest BCUT2D eigenvalue weighted by Crippen LogP contribution is -2.44. The molecular formula is C53H75N5O13. The van der Waals surface area contributed by atoms with Crippen molar-refractivity contribution in [2.24, 2.45) is 39.6 Å². The Hall–Kier alpha value is -5.40. The Labute approximate surface area is 416 Å². The number of hydrogen-bond acceptors (Lipinski definition) is 17. The van der Waals surface area contributed by atoms with Crippen LogP contribution in [0.25, 0.3) is 10.8 Å². The fourth-order valence-electron chi connectivity index (χ4n) is 10.4. The number of aliphatic hydroxyl groups is 3. The number of ether oxygens (including phenoxy) is 4. The molecule has 2 aromatic rings. The van der Waals surface area contributed by atoms with Gasteiger partial charge in [0.15, 0.2) is 11.4 Å². The van der Waals surface area contributed by atoms with Gasteiger partial charge in [0.25, 0.3) is 11.7 Å². The van der Waals surface area contributed by atoms with Gasteiger partial charge in [-0.2, -0.15) is 0 Å². The predicted molar refractivity (Wildman–Crippen MR) is 265 cm³/mol. The largest absolute Gasteiger partial charge is 0.507 e. The summed E-state index contributed by atoms with van der Waals surface area (Å²) in [6, 6.07) is 0. The summed E-state index contributed by atoms with van der Waals surface area (Å²) < 4.78 is 24.0. The van der Waals surface area contributed by atoms with Crippen LogP contribution >= 0.6 is 0 Å². The number of phenols is 2. The van der Waals surface area contributed by atoms with Crippen LogP contribution in [0.1, 0.15) is 110 Å². The maximum atomic E-state index is 14.8. The molecule has 1 amide bonds. The highest BCUT2D eigenvalue weighted by Gasteiger charge is 2.50. The van der Waals surface area contributed by atoms with E-state index in [1.165, 1.54) is 13.2 Å². The van der Waals surface area contributed by atoms with Crippen LogP contribution in [0.15, 0.2) is 46.1 Å². The highest BCUT2D eigenvalue weighted by molar-refractivity contribution is 6.19. The van der Waals surface area contributed by atoms with Crippen molar-refractivity contribution in [2.75, 3.05) is 52.2 Å². The number of Topliss-reactive ketones (excluding diaryl/α,β-unsaturated/α-hetero) is 1. The maximum Gasteiger partial charge on any atom is 0.317 e. The third-order valence-electron chi connectivity index (χ3n) is 14.7. The summed E-state index contributed by atoms with van der Waals surface area (Å²) in [5.74, 6) is -7.51. The van der Waals surface area contributed by atoms with Crippen molar-refractivity contribution < 1.29 is 63.7 Å². The minimum Gasteiger partial charge on any atom is -0.507 e. The minimum absolute atomic E-state index is 0.0347. The van der Waals surface area contributed by atoms with Crippen LogP contribution in [0.3, 0.4) is 0 Å². The average molecular weight is 990 g/mol. The number of fused-ring (bicyclic) bond motifs is 13. The van der Waals surface area contributed by atoms with E-state index in [0.717, 1.165) is 26.7 Å². The van der Waals surface area contributed by atoms with E-state index in [0.29, 0.717) is 44.7 Å². The third kappa shape index (κ3) is 11.6. The van der Waals surface area contributed by atoms with Crippen molar-refractivity contribution in [2.45, 2.75) is 137 Å². The van der Waals surface area contributed by atoms with Crippen molar-refractivity contribution in [3.63, 3.8) is 0 Å². The number of anilines is 1. The molecular weight excluding hydrogens is 915 g/mol. The van der Waals surface area contributed by atoms with Gasteiger partial charge in [0, 0.05) is 93.9 Å². The highest BCUT2D eigenvalue weighted by atomic mass is 16.7. The first-order valence-electron chi connectivity index (χ1n) is 24.9. The van der Waals surface area contributed by atoms with Gasteiger partial charge < -0.3 is 59.6 Å². The second-order valence-corrected chi connectivity index (χ2v) is 20.7. The van der Waals surface area contributed by atoms with Gasteiger partial charge in [-0.1, -0.05) is 59.8 Å². The summed E-state index contributed by atoms with van der Waals surface area (Å²) >= 11 is 0. The Kier molecular flexibility index (Phi) is 17.5. The molecule has 6 aliphatic rings. The van der Waals surface area contributed by atoms with E-state index in [9.17, 15) is 39.6 Å². The number of aromatic hydroxyl groups is 2. The van der Waals surface area contributed by atoms with E-state index >= 15 is 0 Å².